The zero-order chi connectivity index (χ0) is 21.4. The molecule has 0 saturated heterocycles. The number of thiophene rings is 1. The number of hydrogen-bond acceptors (Lipinski definition) is 5. The molecule has 0 aliphatic rings. The van der Waals surface area contributed by atoms with Gasteiger partial charge in [-0.1, -0.05) is 58.3 Å². The molecule has 0 atom stereocenters. The Morgan fingerprint density at radius 2 is 1.67 bits per heavy atom. The maximum atomic E-state index is 12.0. The van der Waals surface area contributed by atoms with Gasteiger partial charge in [0.15, 0.2) is 5.78 Å². The molecule has 0 aliphatic carbocycles. The molecule has 0 saturated carbocycles. The first-order chi connectivity index (χ1) is 14.7. The second kappa shape index (κ2) is 14.4. The molecular formula is C25H32N2O2S. The number of ether oxygens (including phenoxy) is 1. The van der Waals surface area contributed by atoms with Crippen molar-refractivity contribution in [3.8, 4) is 11.8 Å². The fourth-order valence-electron chi connectivity index (χ4n) is 3.08. The third-order valence-corrected chi connectivity index (χ3v) is 5.82. The number of nitrogens with one attached hydrogen (secondary N) is 1. The number of unbranched alkanes of at least 4 members (excludes halogenated alkanes) is 8. The smallest absolute Gasteiger partial charge is 0.197 e. The van der Waals surface area contributed by atoms with Gasteiger partial charge in [-0.25, -0.2) is 0 Å². The lowest BCUT2D eigenvalue weighted by molar-refractivity contribution is 0.105. The first-order valence-electron chi connectivity index (χ1n) is 10.9. The van der Waals surface area contributed by atoms with E-state index < -0.39 is 0 Å². The first-order valence-corrected chi connectivity index (χ1v) is 11.7. The number of nitrogens with zero attached hydrogens (tertiary/aromatic N) is 1. The van der Waals surface area contributed by atoms with Crippen molar-refractivity contribution in [1.82, 2.24) is 0 Å². The van der Waals surface area contributed by atoms with E-state index in [-0.39, 0.29) is 5.78 Å². The molecule has 0 aliphatic heterocycles. The molecule has 0 radical (unpaired) electrons. The highest BCUT2D eigenvalue weighted by atomic mass is 32.1. The lowest BCUT2D eigenvalue weighted by Crippen LogP contribution is -1.97. The summed E-state index contributed by atoms with van der Waals surface area (Å²) in [6, 6.07) is 13.1. The Morgan fingerprint density at radius 1 is 1.00 bits per heavy atom. The van der Waals surface area contributed by atoms with Gasteiger partial charge in [0.1, 0.15) is 16.7 Å². The molecule has 2 aromatic rings. The third-order valence-electron chi connectivity index (χ3n) is 4.81. The molecular weight excluding hydrogens is 392 g/mol. The fraction of sp³-hybridized carbons (Fsp3) is 0.440. The van der Waals surface area contributed by atoms with Gasteiger partial charge >= 0.3 is 0 Å². The molecule has 4 nitrogen and oxygen atoms in total. The molecule has 2 rings (SSSR count). The summed E-state index contributed by atoms with van der Waals surface area (Å²) >= 11 is 1.20. The quantitative estimate of drug-likeness (QED) is 0.185. The Balaban J connectivity index is 1.58. The van der Waals surface area contributed by atoms with Gasteiger partial charge in [0.25, 0.3) is 0 Å². The number of hydrogen-bond donors (Lipinski definition) is 1. The number of ketones is 1. The van der Waals surface area contributed by atoms with E-state index in [0.717, 1.165) is 24.5 Å². The number of allylic oxidation sites excluding steroid dienone is 1. The van der Waals surface area contributed by atoms with Crippen molar-refractivity contribution in [3.63, 3.8) is 0 Å². The van der Waals surface area contributed by atoms with Crippen molar-refractivity contribution in [2.45, 2.75) is 64.7 Å². The molecule has 5 heteroatoms. The second-order valence-electron chi connectivity index (χ2n) is 7.32. The van der Waals surface area contributed by atoms with Crippen molar-refractivity contribution in [2.24, 2.45) is 0 Å². The van der Waals surface area contributed by atoms with E-state index in [1.165, 1.54) is 68.8 Å². The molecule has 1 heterocycles. The van der Waals surface area contributed by atoms with Crippen LogP contribution >= 0.6 is 11.3 Å². The maximum absolute atomic E-state index is 12.0. The SMILES string of the molecule is CCCCCCCCCCCOc1ccc(N/C=C\C(=O)c2ccc(C#N)s2)cc1. The van der Waals surface area contributed by atoms with Gasteiger partial charge in [-0.15, -0.1) is 11.3 Å². The Kier molecular flexibility index (Phi) is 11.4. The van der Waals surface area contributed by atoms with Gasteiger partial charge in [0, 0.05) is 18.0 Å². The van der Waals surface area contributed by atoms with Crippen LogP contribution in [0.15, 0.2) is 48.7 Å². The minimum atomic E-state index is -0.116. The largest absolute Gasteiger partial charge is 0.494 e. The van der Waals surface area contributed by atoms with Gasteiger partial charge in [0.2, 0.25) is 0 Å². The summed E-state index contributed by atoms with van der Waals surface area (Å²) in [5.41, 5.74) is 0.887. The predicted octanol–water partition coefficient (Wildman–Crippen LogP) is 7.34. The third kappa shape index (κ3) is 9.28. The van der Waals surface area contributed by atoms with Crippen molar-refractivity contribution in [3.05, 3.63) is 58.4 Å². The van der Waals surface area contributed by atoms with Crippen LogP contribution < -0.4 is 10.1 Å². The molecule has 0 amide bonds. The van der Waals surface area contributed by atoms with Crippen LogP contribution in [-0.4, -0.2) is 12.4 Å². The zero-order valence-electron chi connectivity index (χ0n) is 17.9. The molecule has 0 unspecified atom stereocenters. The number of rotatable bonds is 15. The molecule has 0 spiro atoms. The summed E-state index contributed by atoms with van der Waals surface area (Å²) < 4.78 is 5.81. The molecule has 0 fully saturated rings. The summed E-state index contributed by atoms with van der Waals surface area (Å²) in [4.78, 5) is 13.1. The molecule has 1 aromatic heterocycles. The van der Waals surface area contributed by atoms with Crippen LogP contribution in [-0.2, 0) is 0 Å². The number of anilines is 1. The molecule has 1 aromatic carbocycles. The van der Waals surface area contributed by atoms with E-state index in [1.807, 2.05) is 30.3 Å². The van der Waals surface area contributed by atoms with Gasteiger partial charge in [-0.05, 0) is 42.8 Å². The molecule has 1 N–H and O–H groups in total. The van der Waals surface area contributed by atoms with Crippen LogP contribution in [0, 0.1) is 11.3 Å². The average molecular weight is 425 g/mol. The van der Waals surface area contributed by atoms with Crippen LogP contribution in [0.3, 0.4) is 0 Å². The fourth-order valence-corrected chi connectivity index (χ4v) is 3.80. The Bertz CT molecular complexity index is 818. The minimum Gasteiger partial charge on any atom is -0.494 e. The van der Waals surface area contributed by atoms with E-state index in [1.54, 1.807) is 18.3 Å². The van der Waals surface area contributed by atoms with E-state index >= 15 is 0 Å². The van der Waals surface area contributed by atoms with Crippen LogP contribution in [0.2, 0.25) is 0 Å². The lowest BCUT2D eigenvalue weighted by Gasteiger charge is -2.07. The number of carbonyl (C=O) groups excluding carboxylic acids is 1. The molecule has 160 valence electrons. The predicted molar refractivity (Wildman–Crippen MR) is 125 cm³/mol. The average Bonchev–Trinajstić information content (AvgIpc) is 3.25. The maximum Gasteiger partial charge on any atom is 0.197 e. The first kappa shape index (κ1) is 23.7. The van der Waals surface area contributed by atoms with Crippen LogP contribution in [0.4, 0.5) is 5.69 Å². The highest BCUT2D eigenvalue weighted by molar-refractivity contribution is 7.14. The van der Waals surface area contributed by atoms with E-state index in [9.17, 15) is 4.79 Å². The highest BCUT2D eigenvalue weighted by Crippen LogP contribution is 2.18. The van der Waals surface area contributed by atoms with Gasteiger partial charge < -0.3 is 10.1 Å². The Hall–Kier alpha value is -2.58. The number of benzene rings is 1. The summed E-state index contributed by atoms with van der Waals surface area (Å²) in [6.45, 7) is 3.01. The minimum absolute atomic E-state index is 0.116. The van der Waals surface area contributed by atoms with Crippen molar-refractivity contribution in [1.29, 1.82) is 5.26 Å². The number of nitriles is 1. The van der Waals surface area contributed by atoms with Crippen molar-refractivity contribution in [2.75, 3.05) is 11.9 Å². The topological polar surface area (TPSA) is 62.1 Å². The van der Waals surface area contributed by atoms with Gasteiger partial charge in [-0.2, -0.15) is 5.26 Å². The summed E-state index contributed by atoms with van der Waals surface area (Å²) in [5.74, 6) is 0.748. The highest BCUT2D eigenvalue weighted by Gasteiger charge is 2.05. The van der Waals surface area contributed by atoms with E-state index in [2.05, 4.69) is 12.2 Å². The van der Waals surface area contributed by atoms with Gasteiger partial charge in [-0.3, -0.25) is 4.79 Å². The van der Waals surface area contributed by atoms with Crippen LogP contribution in [0.25, 0.3) is 0 Å². The standard InChI is InChI=1S/C25H32N2O2S/c1-2-3-4-5-6-7-8-9-10-19-29-22-13-11-21(12-14-22)27-18-17-24(28)25-16-15-23(20-26)30-25/h11-18,27H,2-10,19H2,1H3/b18-17-. The van der Waals surface area contributed by atoms with E-state index in [0.29, 0.717) is 9.75 Å². The van der Waals surface area contributed by atoms with Crippen molar-refractivity contribution < 1.29 is 9.53 Å². The summed E-state index contributed by atoms with van der Waals surface area (Å²) in [6.07, 6.45) is 14.9. The second-order valence-corrected chi connectivity index (χ2v) is 8.40. The van der Waals surface area contributed by atoms with Crippen LogP contribution in [0.5, 0.6) is 5.75 Å². The molecule has 30 heavy (non-hydrogen) atoms. The van der Waals surface area contributed by atoms with Crippen LogP contribution in [0.1, 0.15) is 79.3 Å². The summed E-state index contributed by atoms with van der Waals surface area (Å²) in [7, 11) is 0. The normalized spacial score (nSPS) is 10.8. The summed E-state index contributed by atoms with van der Waals surface area (Å²) in [5, 5.41) is 11.9. The number of carbonyl (C=O) groups is 1. The van der Waals surface area contributed by atoms with E-state index in [4.69, 9.17) is 10.00 Å². The Morgan fingerprint density at radius 3 is 2.30 bits per heavy atom. The lowest BCUT2D eigenvalue weighted by atomic mass is 10.1. The van der Waals surface area contributed by atoms with Gasteiger partial charge in [0.05, 0.1) is 11.5 Å². The molecule has 0 bridgehead atoms. The Labute approximate surface area is 184 Å². The van der Waals surface area contributed by atoms with Crippen molar-refractivity contribution >= 4 is 22.8 Å². The monoisotopic (exact) mass is 424 g/mol. The zero-order valence-corrected chi connectivity index (χ0v) is 18.7.